The Morgan fingerprint density at radius 3 is 2.62 bits per heavy atom. The number of hydrogen-bond donors (Lipinski definition) is 1. The fourth-order valence-electron chi connectivity index (χ4n) is 5.27. The van der Waals surface area contributed by atoms with Crippen LogP contribution >= 0.6 is 11.8 Å². The van der Waals surface area contributed by atoms with Crippen molar-refractivity contribution < 1.29 is 19.1 Å². The second-order valence-corrected chi connectivity index (χ2v) is 10.8. The summed E-state index contributed by atoms with van der Waals surface area (Å²) >= 11 is 1.48. The Labute approximate surface area is 240 Å². The normalized spacial score (nSPS) is 20.1. The lowest BCUT2D eigenvalue weighted by atomic mass is 9.92. The summed E-state index contributed by atoms with van der Waals surface area (Å²) in [4.78, 5) is 35.6. The Bertz CT molecular complexity index is 1330. The van der Waals surface area contributed by atoms with Crippen molar-refractivity contribution in [3.8, 4) is 11.5 Å². The van der Waals surface area contributed by atoms with Crippen molar-refractivity contribution in [2.24, 2.45) is 4.99 Å². The zero-order chi connectivity index (χ0) is 28.1. The molecule has 1 saturated heterocycles. The van der Waals surface area contributed by atoms with Crippen molar-refractivity contribution in [1.29, 1.82) is 0 Å². The number of nitrogens with zero attached hydrogens (tertiary/aromatic N) is 3. The molecule has 9 heteroatoms. The van der Waals surface area contributed by atoms with Crippen LogP contribution in [0.4, 0.5) is 0 Å². The first kappa shape index (κ1) is 28.0. The highest BCUT2D eigenvalue weighted by atomic mass is 32.2. The molecule has 0 bridgehead atoms. The van der Waals surface area contributed by atoms with Crippen LogP contribution in [0.25, 0.3) is 0 Å². The average Bonchev–Trinajstić information content (AvgIpc) is 3.63. The van der Waals surface area contributed by atoms with Gasteiger partial charge in [-0.15, -0.1) is 0 Å². The first-order valence-electron chi connectivity index (χ1n) is 13.9. The Hall–Kier alpha value is -3.56. The van der Waals surface area contributed by atoms with Crippen LogP contribution in [-0.2, 0) is 14.3 Å². The van der Waals surface area contributed by atoms with E-state index in [0.29, 0.717) is 36.7 Å². The number of carbonyl (C=O) groups excluding carboxylic acids is 2. The van der Waals surface area contributed by atoms with Crippen LogP contribution in [0.5, 0.6) is 11.5 Å². The number of amidine groups is 1. The number of allylic oxidation sites excluding steroid dienone is 1. The molecule has 0 aliphatic carbocycles. The van der Waals surface area contributed by atoms with E-state index in [-0.39, 0.29) is 24.3 Å². The topological polar surface area (TPSA) is 83.5 Å². The zero-order valence-corrected chi connectivity index (χ0v) is 24.1. The number of carbonyl (C=O) groups is 2. The molecule has 2 aromatic rings. The highest BCUT2D eigenvalue weighted by Gasteiger charge is 2.41. The fraction of sp³-hybridized carbons (Fsp3) is 0.387. The third-order valence-electron chi connectivity index (χ3n) is 7.33. The molecule has 2 aromatic carbocycles. The van der Waals surface area contributed by atoms with Gasteiger partial charge in [0.1, 0.15) is 11.5 Å². The van der Waals surface area contributed by atoms with E-state index in [0.717, 1.165) is 41.6 Å². The molecule has 0 saturated carbocycles. The number of rotatable bonds is 10. The summed E-state index contributed by atoms with van der Waals surface area (Å²) in [6, 6.07) is 17.0. The number of fused-ring (bicyclic) bond motifs is 1. The number of nitrogens with one attached hydrogen (secondary N) is 1. The number of para-hydroxylation sites is 1. The molecule has 2 amide bonds. The van der Waals surface area contributed by atoms with Crippen molar-refractivity contribution in [2.45, 2.75) is 52.2 Å². The monoisotopic (exact) mass is 560 g/mol. The third-order valence-corrected chi connectivity index (χ3v) is 8.22. The third kappa shape index (κ3) is 6.10. The van der Waals surface area contributed by atoms with Gasteiger partial charge in [0, 0.05) is 31.9 Å². The summed E-state index contributed by atoms with van der Waals surface area (Å²) in [5.41, 5.74) is 3.00. The molecular weight excluding hydrogens is 524 g/mol. The molecule has 0 radical (unpaired) electrons. The lowest BCUT2D eigenvalue weighted by Crippen LogP contribution is -2.42. The number of amides is 2. The quantitative estimate of drug-likeness (QED) is 0.407. The van der Waals surface area contributed by atoms with Gasteiger partial charge in [0.2, 0.25) is 5.91 Å². The second-order valence-electron chi connectivity index (χ2n) is 9.97. The maximum absolute atomic E-state index is 13.9. The zero-order valence-electron chi connectivity index (χ0n) is 23.3. The van der Waals surface area contributed by atoms with E-state index >= 15 is 0 Å². The molecule has 0 aromatic heterocycles. The Morgan fingerprint density at radius 1 is 1.12 bits per heavy atom. The molecule has 3 aliphatic heterocycles. The van der Waals surface area contributed by atoms with Gasteiger partial charge in [-0.05, 0) is 68.8 Å². The largest absolute Gasteiger partial charge is 0.457 e. The molecule has 40 heavy (non-hydrogen) atoms. The Kier molecular flexibility index (Phi) is 8.91. The van der Waals surface area contributed by atoms with Gasteiger partial charge in [0.25, 0.3) is 5.91 Å². The maximum atomic E-state index is 13.9. The van der Waals surface area contributed by atoms with Crippen LogP contribution in [0.15, 0.2) is 82.0 Å². The van der Waals surface area contributed by atoms with Crippen molar-refractivity contribution in [3.63, 3.8) is 0 Å². The van der Waals surface area contributed by atoms with Gasteiger partial charge in [0.15, 0.2) is 5.17 Å². The molecule has 1 fully saturated rings. The smallest absolute Gasteiger partial charge is 0.254 e. The summed E-state index contributed by atoms with van der Waals surface area (Å²) in [5, 5.41) is 5.76. The molecule has 3 heterocycles. The van der Waals surface area contributed by atoms with E-state index in [4.69, 9.17) is 14.5 Å². The molecule has 2 atom stereocenters. The second kappa shape index (κ2) is 12.7. The fourth-order valence-corrected chi connectivity index (χ4v) is 6.24. The predicted molar refractivity (Wildman–Crippen MR) is 158 cm³/mol. The highest BCUT2D eigenvalue weighted by Crippen LogP contribution is 2.45. The van der Waals surface area contributed by atoms with E-state index in [1.54, 1.807) is 0 Å². The SMILES string of the molecule is CCN(CC)C(=O)C1=C(C)N=C2SC=C(CC(=O)NCC3CCCO3)N2C1c1cccc(Oc2ccccc2)c1. The minimum absolute atomic E-state index is 0.0521. The minimum atomic E-state index is -0.452. The average molecular weight is 561 g/mol. The summed E-state index contributed by atoms with van der Waals surface area (Å²) in [6.45, 7) is 8.30. The lowest BCUT2D eigenvalue weighted by Gasteiger charge is -2.38. The van der Waals surface area contributed by atoms with E-state index in [1.807, 2.05) is 90.6 Å². The molecule has 3 aliphatic rings. The number of benzene rings is 2. The van der Waals surface area contributed by atoms with Crippen molar-refractivity contribution >= 4 is 28.7 Å². The van der Waals surface area contributed by atoms with Crippen LogP contribution in [0.3, 0.4) is 0 Å². The van der Waals surface area contributed by atoms with Crippen molar-refractivity contribution in [2.75, 3.05) is 26.2 Å². The summed E-state index contributed by atoms with van der Waals surface area (Å²) in [5.74, 6) is 1.28. The molecule has 0 spiro atoms. The number of ether oxygens (including phenoxy) is 2. The van der Waals surface area contributed by atoms with E-state index in [2.05, 4.69) is 5.32 Å². The molecule has 2 unspecified atom stereocenters. The summed E-state index contributed by atoms with van der Waals surface area (Å²) < 4.78 is 11.8. The first-order valence-corrected chi connectivity index (χ1v) is 14.8. The van der Waals surface area contributed by atoms with Crippen LogP contribution in [0.2, 0.25) is 0 Å². The molecule has 8 nitrogen and oxygen atoms in total. The molecule has 210 valence electrons. The molecule has 5 rings (SSSR count). The van der Waals surface area contributed by atoms with E-state index in [9.17, 15) is 9.59 Å². The number of likely N-dealkylation sites (N-methyl/N-ethyl adjacent to an activating group) is 1. The van der Waals surface area contributed by atoms with E-state index < -0.39 is 6.04 Å². The predicted octanol–water partition coefficient (Wildman–Crippen LogP) is 5.61. The molecule has 1 N–H and O–H groups in total. The number of aliphatic imine (C=N–C) groups is 1. The highest BCUT2D eigenvalue weighted by molar-refractivity contribution is 8.16. The van der Waals surface area contributed by atoms with Gasteiger partial charge in [-0.1, -0.05) is 42.1 Å². The van der Waals surface area contributed by atoms with Gasteiger partial charge >= 0.3 is 0 Å². The van der Waals surface area contributed by atoms with Gasteiger partial charge in [-0.3, -0.25) is 9.59 Å². The van der Waals surface area contributed by atoms with Crippen LogP contribution in [0.1, 0.15) is 51.6 Å². The Balaban J connectivity index is 1.47. The lowest BCUT2D eigenvalue weighted by molar-refractivity contribution is -0.127. The number of hydrogen-bond acceptors (Lipinski definition) is 7. The minimum Gasteiger partial charge on any atom is -0.457 e. The molecular formula is C31H36N4O4S. The van der Waals surface area contributed by atoms with Crippen LogP contribution in [-0.4, -0.2) is 59.1 Å². The summed E-state index contributed by atoms with van der Waals surface area (Å²) in [7, 11) is 0. The van der Waals surface area contributed by atoms with Gasteiger partial charge in [-0.2, -0.15) is 0 Å². The first-order chi connectivity index (χ1) is 19.5. The van der Waals surface area contributed by atoms with Crippen molar-refractivity contribution in [3.05, 3.63) is 82.5 Å². The van der Waals surface area contributed by atoms with Crippen molar-refractivity contribution in [1.82, 2.24) is 15.1 Å². The maximum Gasteiger partial charge on any atom is 0.254 e. The van der Waals surface area contributed by atoms with Gasteiger partial charge < -0.3 is 24.6 Å². The van der Waals surface area contributed by atoms with Crippen LogP contribution < -0.4 is 10.1 Å². The van der Waals surface area contributed by atoms with Gasteiger partial charge in [0.05, 0.1) is 29.8 Å². The standard InChI is InChI=1S/C31H36N4O4S/c1-4-34(5-2)30(37)28-21(3)33-31-35(23(20-40-31)18-27(36)32-19-26-15-10-16-38-26)29(28)22-11-9-14-25(17-22)39-24-12-7-6-8-13-24/h6-9,11-14,17,20,26,29H,4-5,10,15-16,18-19H2,1-3H3,(H,32,36). The van der Waals surface area contributed by atoms with Crippen LogP contribution in [0, 0.1) is 0 Å². The number of thioether (sulfide) groups is 1. The summed E-state index contributed by atoms with van der Waals surface area (Å²) in [6.07, 6.45) is 2.25. The Morgan fingerprint density at radius 2 is 1.90 bits per heavy atom. The van der Waals surface area contributed by atoms with E-state index in [1.165, 1.54) is 11.8 Å². The van der Waals surface area contributed by atoms with Gasteiger partial charge in [-0.25, -0.2) is 4.99 Å².